The Labute approximate surface area is 311 Å². The molecule has 274 valence electrons. The Morgan fingerprint density at radius 2 is 1.13 bits per heavy atom. The van der Waals surface area contributed by atoms with Gasteiger partial charge in [-0.05, 0) is 68.0 Å². The van der Waals surface area contributed by atoms with Crippen molar-refractivity contribution in [2.45, 2.75) is 137 Å². The topological polar surface area (TPSA) is 138 Å². The molecule has 0 amide bonds. The molecule has 2 aromatic heterocycles. The number of nitriles is 2. The molecule has 0 saturated heterocycles. The van der Waals surface area contributed by atoms with Crippen LogP contribution >= 0.6 is 0 Å². The van der Waals surface area contributed by atoms with E-state index in [0.29, 0.717) is 39.7 Å². The number of rotatable bonds is 20. The van der Waals surface area contributed by atoms with E-state index < -0.39 is 0 Å². The third kappa shape index (κ3) is 11.5. The van der Waals surface area contributed by atoms with E-state index in [9.17, 15) is 10.5 Å². The summed E-state index contributed by atoms with van der Waals surface area (Å²) >= 11 is 0. The highest BCUT2D eigenvalue weighted by Gasteiger charge is 2.25. The van der Waals surface area contributed by atoms with Gasteiger partial charge in [-0.2, -0.15) is 15.6 Å². The normalized spacial score (nSPS) is 11.5. The first-order valence-corrected chi connectivity index (χ1v) is 19.3. The van der Waals surface area contributed by atoms with Gasteiger partial charge in [0.25, 0.3) is 0 Å². The Balaban J connectivity index is 1.60. The van der Waals surface area contributed by atoms with Gasteiger partial charge in [0, 0.05) is 22.4 Å². The summed E-state index contributed by atoms with van der Waals surface area (Å²) in [4.78, 5) is 4.92. The van der Waals surface area contributed by atoms with Crippen LogP contribution in [0, 0.1) is 29.6 Å². The minimum atomic E-state index is -0.353. The second kappa shape index (κ2) is 20.1. The Hall–Kier alpha value is -5.02. The van der Waals surface area contributed by atoms with Crippen LogP contribution in [0.25, 0.3) is 0 Å². The smallest absolute Gasteiger partial charge is 0.188 e. The van der Waals surface area contributed by atoms with Crippen molar-refractivity contribution in [1.29, 1.82) is 10.5 Å². The molecule has 0 fully saturated rings. The van der Waals surface area contributed by atoms with Crippen LogP contribution in [0.15, 0.2) is 58.8 Å². The maximum atomic E-state index is 10.3. The standard InChI is InChI=1S/C43H57N9/c1-7-9-11-13-15-17-19-32-21-25-34(26-22-32)46-40-36(29-44)31(3)38(49-51-41-37(30-45)39(50-52-41)43(4,5)6)42(48-40)47-35-27-23-33(24-28-35)20-18-16-14-12-10-8-2/h21-28H,7-20H2,1-6H3,(H,50,52)(H2,46,47,48). The summed E-state index contributed by atoms with van der Waals surface area (Å²) in [6, 6.07) is 21.3. The molecule has 0 atom stereocenters. The van der Waals surface area contributed by atoms with Crippen molar-refractivity contribution in [3.63, 3.8) is 0 Å². The number of nitrogens with zero attached hydrogens (tertiary/aromatic N) is 6. The molecule has 52 heavy (non-hydrogen) atoms. The van der Waals surface area contributed by atoms with Gasteiger partial charge < -0.3 is 10.6 Å². The molecule has 9 heteroatoms. The molecule has 9 nitrogen and oxygen atoms in total. The lowest BCUT2D eigenvalue weighted by Crippen LogP contribution is -2.13. The number of H-pyrrole nitrogens is 1. The van der Waals surface area contributed by atoms with Gasteiger partial charge in [-0.25, -0.2) is 4.98 Å². The molecule has 3 N–H and O–H groups in total. The first kappa shape index (κ1) is 39.8. The maximum Gasteiger partial charge on any atom is 0.188 e. The van der Waals surface area contributed by atoms with Gasteiger partial charge >= 0.3 is 0 Å². The molecule has 0 saturated carbocycles. The predicted molar refractivity (Wildman–Crippen MR) is 213 cm³/mol. The predicted octanol–water partition coefficient (Wildman–Crippen LogP) is 12.9. The van der Waals surface area contributed by atoms with E-state index in [2.05, 4.69) is 93.4 Å². The highest BCUT2D eigenvalue weighted by atomic mass is 15.3. The molecular weight excluding hydrogens is 643 g/mol. The van der Waals surface area contributed by atoms with E-state index in [4.69, 9.17) is 4.98 Å². The molecule has 0 unspecified atom stereocenters. The van der Waals surface area contributed by atoms with E-state index in [0.717, 1.165) is 24.2 Å². The Kier molecular flexibility index (Phi) is 15.4. The first-order chi connectivity index (χ1) is 25.2. The summed E-state index contributed by atoms with van der Waals surface area (Å²) in [6.07, 6.45) is 17.4. The second-order valence-corrected chi connectivity index (χ2v) is 14.8. The number of aryl methyl sites for hydroxylation is 2. The summed E-state index contributed by atoms with van der Waals surface area (Å²) in [6.45, 7) is 12.3. The molecular formula is C43H57N9. The van der Waals surface area contributed by atoms with E-state index in [1.54, 1.807) is 0 Å². The monoisotopic (exact) mass is 699 g/mol. The van der Waals surface area contributed by atoms with Gasteiger partial charge in [0.1, 0.15) is 23.4 Å². The lowest BCUT2D eigenvalue weighted by Gasteiger charge is -2.16. The summed E-state index contributed by atoms with van der Waals surface area (Å²) in [5.74, 6) is 1.14. The van der Waals surface area contributed by atoms with E-state index in [1.165, 1.54) is 88.2 Å². The van der Waals surface area contributed by atoms with Crippen LogP contribution in [0.4, 0.5) is 34.5 Å². The van der Waals surface area contributed by atoms with Crippen molar-refractivity contribution in [3.05, 3.63) is 82.0 Å². The number of azo groups is 1. The summed E-state index contributed by atoms with van der Waals surface area (Å²) in [7, 11) is 0. The quantitative estimate of drug-likeness (QED) is 0.0620. The molecule has 0 radical (unpaired) electrons. The number of benzene rings is 2. The number of aromatic nitrogens is 3. The number of unbranched alkanes of at least 4 members (excludes halogenated alkanes) is 10. The lowest BCUT2D eigenvalue weighted by molar-refractivity contribution is 0.565. The molecule has 0 aliphatic carbocycles. The van der Waals surface area contributed by atoms with Gasteiger partial charge in [0.15, 0.2) is 17.5 Å². The molecule has 0 spiro atoms. The third-order valence-corrected chi connectivity index (χ3v) is 9.42. The summed E-state index contributed by atoms with van der Waals surface area (Å²) in [5, 5.41) is 43.4. The molecule has 4 aromatic rings. The number of hydrogen-bond acceptors (Lipinski definition) is 8. The zero-order chi connectivity index (χ0) is 37.3. The van der Waals surface area contributed by atoms with Crippen molar-refractivity contribution >= 4 is 34.5 Å². The lowest BCUT2D eigenvalue weighted by atomic mass is 9.90. The second-order valence-electron chi connectivity index (χ2n) is 14.8. The molecule has 2 heterocycles. The average molecular weight is 700 g/mol. The average Bonchev–Trinajstić information content (AvgIpc) is 3.56. The summed E-state index contributed by atoms with van der Waals surface area (Å²) < 4.78 is 0. The number of pyridine rings is 1. The number of hydrogen-bond donors (Lipinski definition) is 3. The zero-order valence-electron chi connectivity index (χ0n) is 32.2. The van der Waals surface area contributed by atoms with Crippen molar-refractivity contribution in [3.8, 4) is 12.1 Å². The SMILES string of the molecule is CCCCCCCCc1ccc(Nc2nc(Nc3ccc(CCCCCCCC)cc3)c(N=Nc3[nH]nc(C(C)(C)C)c3C#N)c(C)c2C#N)cc1. The number of aromatic amines is 1. The Bertz CT molecular complexity index is 1820. The largest absolute Gasteiger partial charge is 0.339 e. The van der Waals surface area contributed by atoms with Crippen molar-refractivity contribution in [2.75, 3.05) is 10.6 Å². The van der Waals surface area contributed by atoms with Crippen molar-refractivity contribution < 1.29 is 0 Å². The van der Waals surface area contributed by atoms with Crippen molar-refractivity contribution in [1.82, 2.24) is 15.2 Å². The third-order valence-electron chi connectivity index (χ3n) is 9.42. The minimum absolute atomic E-state index is 0.263. The van der Waals surface area contributed by atoms with Gasteiger partial charge in [0.2, 0.25) is 0 Å². The van der Waals surface area contributed by atoms with Crippen LogP contribution in [-0.2, 0) is 18.3 Å². The van der Waals surface area contributed by atoms with Crippen LogP contribution in [0.3, 0.4) is 0 Å². The van der Waals surface area contributed by atoms with Crippen LogP contribution < -0.4 is 10.6 Å². The van der Waals surface area contributed by atoms with E-state index >= 15 is 0 Å². The number of anilines is 4. The highest BCUT2D eigenvalue weighted by molar-refractivity contribution is 5.79. The van der Waals surface area contributed by atoms with Gasteiger partial charge in [-0.15, -0.1) is 10.2 Å². The van der Waals surface area contributed by atoms with Crippen LogP contribution in [0.2, 0.25) is 0 Å². The minimum Gasteiger partial charge on any atom is -0.339 e. The van der Waals surface area contributed by atoms with Crippen molar-refractivity contribution in [2.24, 2.45) is 10.2 Å². The Morgan fingerprint density at radius 3 is 1.62 bits per heavy atom. The van der Waals surface area contributed by atoms with Gasteiger partial charge in [0.05, 0.1) is 11.3 Å². The molecule has 0 bridgehead atoms. The number of nitrogens with one attached hydrogen (secondary N) is 3. The van der Waals surface area contributed by atoms with E-state index in [-0.39, 0.29) is 11.2 Å². The van der Waals surface area contributed by atoms with Gasteiger partial charge in [-0.3, -0.25) is 5.10 Å². The fraction of sp³-hybridized carbons (Fsp3) is 0.488. The van der Waals surface area contributed by atoms with Crippen LogP contribution in [0.1, 0.15) is 145 Å². The molecule has 2 aromatic carbocycles. The fourth-order valence-electron chi connectivity index (χ4n) is 6.29. The van der Waals surface area contributed by atoms with Crippen LogP contribution in [-0.4, -0.2) is 15.2 Å². The van der Waals surface area contributed by atoms with E-state index in [1.807, 2.05) is 39.8 Å². The molecule has 0 aliphatic heterocycles. The summed E-state index contributed by atoms with van der Waals surface area (Å²) in [5.41, 5.74) is 6.28. The molecule has 4 rings (SSSR count). The fourth-order valence-corrected chi connectivity index (χ4v) is 6.29. The zero-order valence-corrected chi connectivity index (χ0v) is 32.2. The maximum absolute atomic E-state index is 10.3. The molecule has 0 aliphatic rings. The Morgan fingerprint density at radius 1 is 0.654 bits per heavy atom. The highest BCUT2D eigenvalue weighted by Crippen LogP contribution is 2.38. The van der Waals surface area contributed by atoms with Gasteiger partial charge in [-0.1, -0.05) is 123 Å². The van der Waals surface area contributed by atoms with Crippen LogP contribution in [0.5, 0.6) is 0 Å². The first-order valence-electron chi connectivity index (χ1n) is 19.3.